The zero-order valence-electron chi connectivity index (χ0n) is 16.5. The molecule has 1 N–H and O–H groups in total. The average molecular weight is 394 g/mol. The summed E-state index contributed by atoms with van der Waals surface area (Å²) >= 11 is 0. The molecule has 0 radical (unpaired) electrons. The maximum atomic E-state index is 12.4. The molecule has 152 valence electrons. The van der Waals surface area contributed by atoms with E-state index in [1.165, 1.54) is 0 Å². The van der Waals surface area contributed by atoms with Crippen LogP contribution in [0.15, 0.2) is 24.5 Å². The third kappa shape index (κ3) is 5.51. The van der Waals surface area contributed by atoms with E-state index in [1.54, 1.807) is 32.4 Å². The first kappa shape index (κ1) is 21.8. The van der Waals surface area contributed by atoms with Crippen LogP contribution in [0.1, 0.15) is 52.1 Å². The number of carbonyl (C=O) groups is 1. The Morgan fingerprint density at radius 3 is 2.61 bits per heavy atom. The highest BCUT2D eigenvalue weighted by atomic mass is 19.4. The number of alkyl halides is 3. The molecule has 0 aromatic carbocycles. The monoisotopic (exact) mass is 394 g/mol. The van der Waals surface area contributed by atoms with E-state index < -0.39 is 12.6 Å². The number of halogens is 3. The first-order valence-electron chi connectivity index (χ1n) is 8.99. The minimum absolute atomic E-state index is 0.0488. The number of nitrogens with zero attached hydrogens (tertiary/aromatic N) is 3. The Labute approximate surface area is 163 Å². The molecule has 28 heavy (non-hydrogen) atoms. The summed E-state index contributed by atoms with van der Waals surface area (Å²) in [6.07, 6.45) is -1.18. The first-order valence-corrected chi connectivity index (χ1v) is 8.99. The van der Waals surface area contributed by atoms with Crippen molar-refractivity contribution in [2.24, 2.45) is 0 Å². The number of hydrogen-bond acceptors (Lipinski definition) is 5. The van der Waals surface area contributed by atoms with Crippen LogP contribution >= 0.6 is 0 Å². The van der Waals surface area contributed by atoms with Gasteiger partial charge in [0, 0.05) is 55.3 Å². The molecule has 0 spiro atoms. The number of carbonyl (C=O) groups excluding carboxylic acids is 1. The molecular weight excluding hydrogens is 369 g/mol. The fourth-order valence-corrected chi connectivity index (χ4v) is 3.02. The van der Waals surface area contributed by atoms with Crippen molar-refractivity contribution in [3.63, 3.8) is 0 Å². The number of aryl methyl sites for hydroxylation is 2. The van der Waals surface area contributed by atoms with E-state index in [-0.39, 0.29) is 12.5 Å². The number of pyridine rings is 2. The van der Waals surface area contributed by atoms with Crippen molar-refractivity contribution in [1.29, 1.82) is 0 Å². The highest BCUT2D eigenvalue weighted by Crippen LogP contribution is 2.27. The SMILES string of the molecule is CNc1nccc(C=O)c1CN(C)C(C)c1cnc(CCC(F)(F)F)c(C)c1. The molecule has 2 aromatic rings. The molecular formula is C20H25F3N4O. The average Bonchev–Trinajstić information content (AvgIpc) is 2.65. The second-order valence-electron chi connectivity index (χ2n) is 6.83. The third-order valence-corrected chi connectivity index (χ3v) is 4.86. The first-order chi connectivity index (χ1) is 13.2. The molecule has 8 heteroatoms. The lowest BCUT2D eigenvalue weighted by Gasteiger charge is -2.26. The summed E-state index contributed by atoms with van der Waals surface area (Å²) in [5, 5.41) is 3.00. The van der Waals surface area contributed by atoms with Crippen molar-refractivity contribution in [1.82, 2.24) is 14.9 Å². The fourth-order valence-electron chi connectivity index (χ4n) is 3.02. The number of rotatable bonds is 8. The number of aldehydes is 1. The van der Waals surface area contributed by atoms with Crippen molar-refractivity contribution in [2.75, 3.05) is 19.4 Å². The maximum absolute atomic E-state index is 12.4. The van der Waals surface area contributed by atoms with Gasteiger partial charge >= 0.3 is 6.18 Å². The van der Waals surface area contributed by atoms with E-state index in [4.69, 9.17) is 0 Å². The smallest absolute Gasteiger partial charge is 0.373 e. The molecule has 2 heterocycles. The van der Waals surface area contributed by atoms with Gasteiger partial charge in [0.1, 0.15) is 5.82 Å². The Hall–Kier alpha value is -2.48. The van der Waals surface area contributed by atoms with Gasteiger partial charge in [0.25, 0.3) is 0 Å². The van der Waals surface area contributed by atoms with Crippen molar-refractivity contribution in [3.8, 4) is 0 Å². The number of nitrogens with one attached hydrogen (secondary N) is 1. The number of anilines is 1. The van der Waals surface area contributed by atoms with E-state index in [9.17, 15) is 18.0 Å². The molecule has 0 saturated carbocycles. The molecule has 0 amide bonds. The Morgan fingerprint density at radius 1 is 1.32 bits per heavy atom. The van der Waals surface area contributed by atoms with Crippen molar-refractivity contribution in [3.05, 3.63) is 52.5 Å². The van der Waals surface area contributed by atoms with Crippen molar-refractivity contribution < 1.29 is 18.0 Å². The Balaban J connectivity index is 2.17. The van der Waals surface area contributed by atoms with Crippen LogP contribution < -0.4 is 5.32 Å². The quantitative estimate of drug-likeness (QED) is 0.676. The van der Waals surface area contributed by atoms with Gasteiger partial charge in [-0.2, -0.15) is 13.2 Å². The van der Waals surface area contributed by atoms with Crippen LogP contribution in [0.2, 0.25) is 0 Å². The van der Waals surface area contributed by atoms with Crippen LogP contribution in [-0.4, -0.2) is 41.4 Å². The highest BCUT2D eigenvalue weighted by Gasteiger charge is 2.27. The van der Waals surface area contributed by atoms with Crippen LogP contribution in [0.3, 0.4) is 0 Å². The van der Waals surface area contributed by atoms with Gasteiger partial charge in [-0.25, -0.2) is 4.98 Å². The molecule has 0 bridgehead atoms. The molecule has 1 atom stereocenters. The molecule has 0 aliphatic rings. The van der Waals surface area contributed by atoms with E-state index in [0.29, 0.717) is 23.6 Å². The summed E-state index contributed by atoms with van der Waals surface area (Å²) in [5.74, 6) is 0.639. The van der Waals surface area contributed by atoms with Crippen molar-refractivity contribution in [2.45, 2.75) is 45.5 Å². The van der Waals surface area contributed by atoms with Crippen LogP contribution in [-0.2, 0) is 13.0 Å². The normalized spacial score (nSPS) is 12.9. The van der Waals surface area contributed by atoms with Crippen LogP contribution in [0.25, 0.3) is 0 Å². The zero-order chi connectivity index (χ0) is 20.9. The number of hydrogen-bond donors (Lipinski definition) is 1. The zero-order valence-corrected chi connectivity index (χ0v) is 16.5. The molecule has 0 fully saturated rings. The summed E-state index contributed by atoms with van der Waals surface area (Å²) in [7, 11) is 3.66. The van der Waals surface area contributed by atoms with Gasteiger partial charge < -0.3 is 5.32 Å². The lowest BCUT2D eigenvalue weighted by Crippen LogP contribution is -2.24. The van der Waals surface area contributed by atoms with Gasteiger partial charge in [-0.3, -0.25) is 14.7 Å². The third-order valence-electron chi connectivity index (χ3n) is 4.86. The minimum Gasteiger partial charge on any atom is -0.373 e. The van der Waals surface area contributed by atoms with E-state index in [1.807, 2.05) is 24.9 Å². The van der Waals surface area contributed by atoms with Crippen molar-refractivity contribution >= 4 is 12.1 Å². The predicted octanol–water partition coefficient (Wildman–Crippen LogP) is 4.33. The topological polar surface area (TPSA) is 58.1 Å². The summed E-state index contributed by atoms with van der Waals surface area (Å²) in [4.78, 5) is 21.9. The van der Waals surface area contributed by atoms with Crippen LogP contribution in [0.4, 0.5) is 19.0 Å². The van der Waals surface area contributed by atoms with Gasteiger partial charge in [-0.15, -0.1) is 0 Å². The molecule has 0 aliphatic carbocycles. The van der Waals surface area contributed by atoms with E-state index in [2.05, 4.69) is 15.3 Å². The highest BCUT2D eigenvalue weighted by molar-refractivity contribution is 5.79. The second kappa shape index (κ2) is 9.14. The van der Waals surface area contributed by atoms with E-state index in [0.717, 1.165) is 23.0 Å². The van der Waals surface area contributed by atoms with E-state index >= 15 is 0 Å². The standard InChI is InChI=1S/C20H25F3N4O/c1-13-9-16(10-26-18(13)5-7-20(21,22)23)14(2)27(4)11-17-15(12-28)6-8-25-19(17)24-3/h6,8-10,12,14H,5,7,11H2,1-4H3,(H,24,25). The lowest BCUT2D eigenvalue weighted by atomic mass is 10.0. The van der Waals surface area contributed by atoms with Gasteiger partial charge in [-0.05, 0) is 44.5 Å². The maximum Gasteiger partial charge on any atom is 0.389 e. The fraction of sp³-hybridized carbons (Fsp3) is 0.450. The molecule has 5 nitrogen and oxygen atoms in total. The summed E-state index contributed by atoms with van der Waals surface area (Å²) in [6, 6.07) is 3.50. The van der Waals surface area contributed by atoms with Crippen LogP contribution in [0.5, 0.6) is 0 Å². The molecule has 1 unspecified atom stereocenters. The number of aromatic nitrogens is 2. The van der Waals surface area contributed by atoms with Gasteiger partial charge in [-0.1, -0.05) is 6.07 Å². The van der Waals surface area contributed by atoms with Gasteiger partial charge in [0.15, 0.2) is 6.29 Å². The summed E-state index contributed by atoms with van der Waals surface area (Å²) in [5.41, 5.74) is 3.46. The molecule has 2 aromatic heterocycles. The summed E-state index contributed by atoms with van der Waals surface area (Å²) < 4.78 is 37.3. The Kier molecular flexibility index (Phi) is 7.12. The predicted molar refractivity (Wildman–Crippen MR) is 102 cm³/mol. The lowest BCUT2D eigenvalue weighted by molar-refractivity contribution is -0.134. The largest absolute Gasteiger partial charge is 0.389 e. The minimum atomic E-state index is -4.19. The van der Waals surface area contributed by atoms with Gasteiger partial charge in [0.2, 0.25) is 0 Å². The van der Waals surface area contributed by atoms with Crippen LogP contribution in [0, 0.1) is 6.92 Å². The summed E-state index contributed by atoms with van der Waals surface area (Å²) in [6.45, 7) is 4.25. The molecule has 0 saturated heterocycles. The van der Waals surface area contributed by atoms with Gasteiger partial charge in [0.05, 0.1) is 0 Å². The second-order valence-corrected chi connectivity index (χ2v) is 6.83. The Morgan fingerprint density at radius 2 is 2.04 bits per heavy atom. The molecule has 0 aliphatic heterocycles. The molecule has 2 rings (SSSR count). The Bertz CT molecular complexity index is 824.